The van der Waals surface area contributed by atoms with Gasteiger partial charge in [0.2, 0.25) is 0 Å². The maximum atomic E-state index is 5.10. The van der Waals surface area contributed by atoms with E-state index in [0.29, 0.717) is 0 Å². The van der Waals surface area contributed by atoms with Gasteiger partial charge in [-0.3, -0.25) is 0 Å². The Labute approximate surface area is 112 Å². The Kier molecular flexibility index (Phi) is 4.00. The van der Waals surface area contributed by atoms with Crippen LogP contribution in [0.15, 0.2) is 46.3 Å². The van der Waals surface area contributed by atoms with Crippen LogP contribution in [0.5, 0.6) is 5.75 Å². The molecule has 0 aliphatic rings. The van der Waals surface area contributed by atoms with E-state index in [1.165, 1.54) is 0 Å². The maximum Gasteiger partial charge on any atom is 0.124 e. The van der Waals surface area contributed by atoms with Crippen molar-refractivity contribution in [2.24, 2.45) is 0 Å². The van der Waals surface area contributed by atoms with Crippen molar-refractivity contribution in [3.8, 4) is 5.75 Å². The molecular formula is C11H9IN2OS. The Morgan fingerprint density at radius 1 is 1.06 bits per heavy atom. The van der Waals surface area contributed by atoms with E-state index in [4.69, 9.17) is 4.74 Å². The van der Waals surface area contributed by atoms with Gasteiger partial charge < -0.3 is 4.74 Å². The summed E-state index contributed by atoms with van der Waals surface area (Å²) < 4.78 is 6.00. The normalized spacial score (nSPS) is 10.1. The average Bonchev–Trinajstić information content (AvgIpc) is 2.33. The Morgan fingerprint density at radius 2 is 1.81 bits per heavy atom. The zero-order chi connectivity index (χ0) is 11.4. The molecule has 0 spiro atoms. The zero-order valence-electron chi connectivity index (χ0n) is 8.55. The molecule has 2 aromatic rings. The van der Waals surface area contributed by atoms with E-state index < -0.39 is 0 Å². The molecule has 1 aromatic carbocycles. The van der Waals surface area contributed by atoms with Gasteiger partial charge in [-0.15, -0.1) is 10.2 Å². The van der Waals surface area contributed by atoms with E-state index >= 15 is 0 Å². The minimum Gasteiger partial charge on any atom is -0.497 e. The number of aromatic nitrogens is 2. The number of nitrogens with zero attached hydrogens (tertiary/aromatic N) is 2. The van der Waals surface area contributed by atoms with Crippen molar-refractivity contribution in [2.45, 2.75) is 9.92 Å². The first-order valence-electron chi connectivity index (χ1n) is 4.59. The second-order valence-corrected chi connectivity index (χ2v) is 5.17. The van der Waals surface area contributed by atoms with Crippen LogP contribution in [0.1, 0.15) is 0 Å². The lowest BCUT2D eigenvalue weighted by Crippen LogP contribution is -1.87. The number of halogens is 1. The lowest BCUT2D eigenvalue weighted by Gasteiger charge is -2.02. The van der Waals surface area contributed by atoms with Crippen LogP contribution in [0.4, 0.5) is 0 Å². The molecule has 0 fully saturated rings. The third kappa shape index (κ3) is 3.08. The van der Waals surface area contributed by atoms with Crippen molar-refractivity contribution >= 4 is 34.4 Å². The van der Waals surface area contributed by atoms with Gasteiger partial charge in [0, 0.05) is 4.90 Å². The van der Waals surface area contributed by atoms with E-state index in [1.807, 2.05) is 36.4 Å². The molecule has 1 aromatic heterocycles. The number of hydrogen-bond donors (Lipinski definition) is 0. The number of rotatable bonds is 3. The molecule has 0 aliphatic carbocycles. The molecule has 0 unspecified atom stereocenters. The lowest BCUT2D eigenvalue weighted by atomic mass is 10.3. The summed E-state index contributed by atoms with van der Waals surface area (Å²) >= 11 is 3.72. The van der Waals surface area contributed by atoms with Crippen LogP contribution in [-0.4, -0.2) is 17.3 Å². The molecule has 0 amide bonds. The van der Waals surface area contributed by atoms with Gasteiger partial charge in [0.25, 0.3) is 0 Å². The number of ether oxygens (including phenoxy) is 1. The molecule has 1 heterocycles. The highest BCUT2D eigenvalue weighted by Crippen LogP contribution is 2.27. The van der Waals surface area contributed by atoms with Crippen LogP contribution in [0, 0.1) is 3.70 Å². The minimum atomic E-state index is 0.859. The van der Waals surface area contributed by atoms with E-state index in [0.717, 1.165) is 19.4 Å². The summed E-state index contributed by atoms with van der Waals surface area (Å²) in [7, 11) is 1.66. The molecular weight excluding hydrogens is 335 g/mol. The molecule has 0 atom stereocenters. The summed E-state index contributed by atoms with van der Waals surface area (Å²) in [6.45, 7) is 0. The summed E-state index contributed by atoms with van der Waals surface area (Å²) in [6.07, 6.45) is 0. The monoisotopic (exact) mass is 344 g/mol. The Hall–Kier alpha value is -0.820. The summed E-state index contributed by atoms with van der Waals surface area (Å²) in [6, 6.07) is 11.8. The first-order valence-corrected chi connectivity index (χ1v) is 6.48. The van der Waals surface area contributed by atoms with Crippen LogP contribution < -0.4 is 4.74 Å². The minimum absolute atomic E-state index is 0.859. The molecule has 0 N–H and O–H groups in total. The third-order valence-electron chi connectivity index (χ3n) is 1.89. The zero-order valence-corrected chi connectivity index (χ0v) is 11.5. The third-order valence-corrected chi connectivity index (χ3v) is 3.40. The molecule has 2 rings (SSSR count). The van der Waals surface area contributed by atoms with Gasteiger partial charge in [0.15, 0.2) is 0 Å². The maximum absolute atomic E-state index is 5.10. The number of benzene rings is 1. The molecule has 0 saturated heterocycles. The van der Waals surface area contributed by atoms with Gasteiger partial charge >= 0.3 is 0 Å². The van der Waals surface area contributed by atoms with E-state index in [9.17, 15) is 0 Å². The van der Waals surface area contributed by atoms with Gasteiger partial charge in [-0.1, -0.05) is 11.8 Å². The van der Waals surface area contributed by atoms with Crippen LogP contribution >= 0.6 is 34.4 Å². The first kappa shape index (κ1) is 11.7. The van der Waals surface area contributed by atoms with Gasteiger partial charge in [0.05, 0.1) is 7.11 Å². The van der Waals surface area contributed by atoms with E-state index in [1.54, 1.807) is 18.9 Å². The summed E-state index contributed by atoms with van der Waals surface area (Å²) in [5, 5.41) is 8.98. The van der Waals surface area contributed by atoms with Gasteiger partial charge in [-0.2, -0.15) is 0 Å². The highest BCUT2D eigenvalue weighted by atomic mass is 127. The van der Waals surface area contributed by atoms with Crippen molar-refractivity contribution in [1.82, 2.24) is 10.2 Å². The van der Waals surface area contributed by atoms with Gasteiger partial charge in [0.1, 0.15) is 14.5 Å². The van der Waals surface area contributed by atoms with Gasteiger partial charge in [-0.05, 0) is 59.0 Å². The molecule has 3 nitrogen and oxygen atoms in total. The summed E-state index contributed by atoms with van der Waals surface area (Å²) in [4.78, 5) is 1.12. The van der Waals surface area contributed by atoms with Crippen LogP contribution in [0.25, 0.3) is 0 Å². The predicted molar refractivity (Wildman–Crippen MR) is 71.9 cm³/mol. The topological polar surface area (TPSA) is 35.0 Å². The molecule has 0 radical (unpaired) electrons. The number of hydrogen-bond acceptors (Lipinski definition) is 4. The van der Waals surface area contributed by atoms with Crippen molar-refractivity contribution in [3.63, 3.8) is 0 Å². The van der Waals surface area contributed by atoms with Crippen molar-refractivity contribution < 1.29 is 4.74 Å². The van der Waals surface area contributed by atoms with Crippen molar-refractivity contribution in [3.05, 3.63) is 40.1 Å². The summed E-state index contributed by atoms with van der Waals surface area (Å²) in [5.74, 6) is 0.859. The highest BCUT2D eigenvalue weighted by Gasteiger charge is 2.00. The predicted octanol–water partition coefficient (Wildman–Crippen LogP) is 3.24. The average molecular weight is 344 g/mol. The van der Waals surface area contributed by atoms with Gasteiger partial charge in [-0.25, -0.2) is 0 Å². The fourth-order valence-electron chi connectivity index (χ4n) is 1.12. The summed E-state index contributed by atoms with van der Waals surface area (Å²) in [5.41, 5.74) is 0. The quantitative estimate of drug-likeness (QED) is 0.801. The van der Waals surface area contributed by atoms with Crippen molar-refractivity contribution in [2.75, 3.05) is 7.11 Å². The largest absolute Gasteiger partial charge is 0.497 e. The second kappa shape index (κ2) is 5.49. The second-order valence-electron chi connectivity index (χ2n) is 2.97. The van der Waals surface area contributed by atoms with E-state index in [-0.39, 0.29) is 0 Å². The lowest BCUT2D eigenvalue weighted by molar-refractivity contribution is 0.414. The van der Waals surface area contributed by atoms with Crippen molar-refractivity contribution in [1.29, 1.82) is 0 Å². The fourth-order valence-corrected chi connectivity index (χ4v) is 2.14. The molecule has 82 valence electrons. The molecule has 0 saturated carbocycles. The SMILES string of the molecule is COc1ccc(Sc2ccc(I)nn2)cc1. The molecule has 16 heavy (non-hydrogen) atoms. The Bertz CT molecular complexity index is 458. The highest BCUT2D eigenvalue weighted by molar-refractivity contribution is 14.1. The molecule has 0 aliphatic heterocycles. The Balaban J connectivity index is 2.11. The number of methoxy groups -OCH3 is 1. The molecule has 5 heteroatoms. The smallest absolute Gasteiger partial charge is 0.124 e. The Morgan fingerprint density at radius 3 is 2.38 bits per heavy atom. The fraction of sp³-hybridized carbons (Fsp3) is 0.0909. The van der Waals surface area contributed by atoms with Crippen LogP contribution in [-0.2, 0) is 0 Å². The molecule has 0 bridgehead atoms. The van der Waals surface area contributed by atoms with Crippen LogP contribution in [0.3, 0.4) is 0 Å². The first-order chi connectivity index (χ1) is 7.78. The van der Waals surface area contributed by atoms with E-state index in [2.05, 4.69) is 32.8 Å². The standard InChI is InChI=1S/C11H9IN2OS/c1-15-8-2-4-9(5-3-8)16-11-7-6-10(12)13-14-11/h2-7H,1H3. The van der Waals surface area contributed by atoms with Crippen LogP contribution in [0.2, 0.25) is 0 Å².